The molecule has 0 fully saturated rings. The van der Waals surface area contributed by atoms with Crippen molar-refractivity contribution < 1.29 is 0 Å². The first-order valence-electron chi connectivity index (χ1n) is 11.4. The van der Waals surface area contributed by atoms with Crippen molar-refractivity contribution in [1.29, 1.82) is 0 Å². The van der Waals surface area contributed by atoms with Gasteiger partial charge in [0.05, 0.1) is 6.20 Å². The number of hydrogen-bond donors (Lipinski definition) is 2. The van der Waals surface area contributed by atoms with Gasteiger partial charge >= 0.3 is 0 Å². The fraction of sp³-hybridized carbons (Fsp3) is 0.909. The SMILES string of the molecule is CCCCCCCCC(CCC)(CCCCCCCC)Nc1cn[nH]n1. The van der Waals surface area contributed by atoms with Gasteiger partial charge in [0, 0.05) is 5.54 Å². The van der Waals surface area contributed by atoms with E-state index in [2.05, 4.69) is 41.5 Å². The minimum Gasteiger partial charge on any atom is -0.362 e. The molecule has 1 aromatic heterocycles. The van der Waals surface area contributed by atoms with E-state index in [1.54, 1.807) is 0 Å². The van der Waals surface area contributed by atoms with Crippen LogP contribution in [0.4, 0.5) is 5.82 Å². The Balaban J connectivity index is 2.51. The smallest absolute Gasteiger partial charge is 0.168 e. The number of nitrogens with zero attached hydrogens (tertiary/aromatic N) is 2. The monoisotopic (exact) mass is 364 g/mol. The summed E-state index contributed by atoms with van der Waals surface area (Å²) in [5.41, 5.74) is 0.196. The number of nitrogens with one attached hydrogen (secondary N) is 2. The molecule has 0 aliphatic rings. The third kappa shape index (κ3) is 10.2. The van der Waals surface area contributed by atoms with Crippen molar-refractivity contribution in [2.24, 2.45) is 0 Å². The molecule has 1 rings (SSSR count). The van der Waals surface area contributed by atoms with E-state index in [1.807, 2.05) is 6.20 Å². The highest BCUT2D eigenvalue weighted by Crippen LogP contribution is 2.31. The van der Waals surface area contributed by atoms with Crippen molar-refractivity contribution in [3.63, 3.8) is 0 Å². The maximum atomic E-state index is 4.27. The van der Waals surface area contributed by atoms with Gasteiger partial charge in [-0.05, 0) is 19.3 Å². The third-order valence-electron chi connectivity index (χ3n) is 5.55. The van der Waals surface area contributed by atoms with E-state index in [0.29, 0.717) is 0 Å². The topological polar surface area (TPSA) is 53.6 Å². The van der Waals surface area contributed by atoms with Crippen LogP contribution in [-0.4, -0.2) is 20.9 Å². The van der Waals surface area contributed by atoms with Crippen LogP contribution in [0.2, 0.25) is 0 Å². The molecule has 4 nitrogen and oxygen atoms in total. The van der Waals surface area contributed by atoms with E-state index < -0.39 is 0 Å². The van der Waals surface area contributed by atoms with E-state index in [0.717, 1.165) is 5.82 Å². The molecule has 0 aliphatic heterocycles. The summed E-state index contributed by atoms with van der Waals surface area (Å²) in [6.07, 6.45) is 23.1. The molecule has 4 heteroatoms. The lowest BCUT2D eigenvalue weighted by molar-refractivity contribution is 0.338. The predicted molar refractivity (Wildman–Crippen MR) is 114 cm³/mol. The van der Waals surface area contributed by atoms with Gasteiger partial charge in [0.15, 0.2) is 5.82 Å². The highest BCUT2D eigenvalue weighted by atomic mass is 15.4. The first kappa shape index (κ1) is 23.0. The molecule has 0 bridgehead atoms. The number of hydrogen-bond acceptors (Lipinski definition) is 3. The van der Waals surface area contributed by atoms with Gasteiger partial charge in [0.2, 0.25) is 0 Å². The van der Waals surface area contributed by atoms with Crippen molar-refractivity contribution in [2.45, 2.75) is 129 Å². The number of aromatic nitrogens is 3. The Bertz CT molecular complexity index is 386. The zero-order valence-electron chi connectivity index (χ0n) is 17.8. The van der Waals surface area contributed by atoms with E-state index in [9.17, 15) is 0 Å². The molecular weight excluding hydrogens is 320 g/mol. The van der Waals surface area contributed by atoms with Gasteiger partial charge in [-0.1, -0.05) is 104 Å². The first-order valence-corrected chi connectivity index (χ1v) is 11.4. The summed E-state index contributed by atoms with van der Waals surface area (Å²) in [6, 6.07) is 0. The van der Waals surface area contributed by atoms with Gasteiger partial charge in [0.25, 0.3) is 0 Å². The summed E-state index contributed by atoms with van der Waals surface area (Å²) in [5, 5.41) is 14.8. The van der Waals surface area contributed by atoms with Crippen LogP contribution in [0.1, 0.15) is 124 Å². The molecule has 0 amide bonds. The van der Waals surface area contributed by atoms with Crippen molar-refractivity contribution in [3.05, 3.63) is 6.20 Å². The van der Waals surface area contributed by atoms with Crippen LogP contribution in [0.25, 0.3) is 0 Å². The summed E-state index contributed by atoms with van der Waals surface area (Å²) < 4.78 is 0. The molecule has 2 N–H and O–H groups in total. The average Bonchev–Trinajstić information content (AvgIpc) is 3.14. The standard InChI is InChI=1S/C22H44N4/c1-4-7-9-11-13-15-18-22(17-6-3,24-21-20-23-26-25-21)19-16-14-12-10-8-5-2/h20H,4-19H2,1-3H3,(H2,23,24,25,26). The zero-order chi connectivity index (χ0) is 18.9. The van der Waals surface area contributed by atoms with Gasteiger partial charge in [0.1, 0.15) is 0 Å². The van der Waals surface area contributed by atoms with Crippen LogP contribution in [0.5, 0.6) is 0 Å². The molecule has 0 aromatic carbocycles. The van der Waals surface area contributed by atoms with Gasteiger partial charge in [-0.25, -0.2) is 0 Å². The molecule has 0 saturated carbocycles. The van der Waals surface area contributed by atoms with Crippen LogP contribution in [0.3, 0.4) is 0 Å². The zero-order valence-corrected chi connectivity index (χ0v) is 17.8. The molecule has 0 radical (unpaired) electrons. The molecule has 152 valence electrons. The normalized spacial score (nSPS) is 11.8. The van der Waals surface area contributed by atoms with Crippen LogP contribution >= 0.6 is 0 Å². The Morgan fingerprint density at radius 2 is 1.27 bits per heavy atom. The number of anilines is 1. The number of unbranched alkanes of at least 4 members (excludes halogenated alkanes) is 10. The Morgan fingerprint density at radius 3 is 1.73 bits per heavy atom. The lowest BCUT2D eigenvalue weighted by Crippen LogP contribution is -2.38. The highest BCUT2D eigenvalue weighted by Gasteiger charge is 2.28. The number of aromatic amines is 1. The highest BCUT2D eigenvalue weighted by molar-refractivity contribution is 5.33. The van der Waals surface area contributed by atoms with Crippen molar-refractivity contribution in [3.8, 4) is 0 Å². The quantitative estimate of drug-likeness (QED) is 0.269. The summed E-state index contributed by atoms with van der Waals surface area (Å²) in [7, 11) is 0. The predicted octanol–water partition coefficient (Wildman–Crippen LogP) is 7.26. The summed E-state index contributed by atoms with van der Waals surface area (Å²) in [6.45, 7) is 6.88. The van der Waals surface area contributed by atoms with E-state index in [1.165, 1.54) is 103 Å². The summed E-state index contributed by atoms with van der Waals surface area (Å²) in [4.78, 5) is 0. The lowest BCUT2D eigenvalue weighted by Gasteiger charge is -2.35. The molecule has 0 saturated heterocycles. The second kappa shape index (κ2) is 15.0. The Kier molecular flexibility index (Phi) is 13.3. The van der Waals surface area contributed by atoms with Crippen molar-refractivity contribution in [1.82, 2.24) is 15.4 Å². The van der Waals surface area contributed by atoms with Crippen molar-refractivity contribution in [2.75, 3.05) is 5.32 Å². The fourth-order valence-electron chi connectivity index (χ4n) is 4.06. The fourth-order valence-corrected chi connectivity index (χ4v) is 4.06. The second-order valence-corrected chi connectivity index (χ2v) is 8.05. The van der Waals surface area contributed by atoms with E-state index >= 15 is 0 Å². The third-order valence-corrected chi connectivity index (χ3v) is 5.55. The lowest BCUT2D eigenvalue weighted by atomic mass is 9.82. The van der Waals surface area contributed by atoms with Crippen LogP contribution in [0.15, 0.2) is 6.20 Å². The van der Waals surface area contributed by atoms with Gasteiger partial charge in [-0.3, -0.25) is 0 Å². The molecular formula is C22H44N4. The van der Waals surface area contributed by atoms with Gasteiger partial charge < -0.3 is 5.32 Å². The number of H-pyrrole nitrogens is 1. The van der Waals surface area contributed by atoms with E-state index in [4.69, 9.17) is 0 Å². The number of rotatable bonds is 18. The Morgan fingerprint density at radius 1 is 0.731 bits per heavy atom. The minimum absolute atomic E-state index is 0.196. The maximum Gasteiger partial charge on any atom is 0.168 e. The average molecular weight is 365 g/mol. The maximum absolute atomic E-state index is 4.27. The summed E-state index contributed by atoms with van der Waals surface area (Å²) in [5.74, 6) is 0.912. The molecule has 0 spiro atoms. The van der Waals surface area contributed by atoms with Gasteiger partial charge in [-0.2, -0.15) is 10.3 Å². The van der Waals surface area contributed by atoms with Gasteiger partial charge in [-0.15, -0.1) is 5.10 Å². The van der Waals surface area contributed by atoms with E-state index in [-0.39, 0.29) is 5.54 Å². The first-order chi connectivity index (χ1) is 12.8. The largest absolute Gasteiger partial charge is 0.362 e. The molecule has 0 atom stereocenters. The van der Waals surface area contributed by atoms with Crippen LogP contribution in [0, 0.1) is 0 Å². The minimum atomic E-state index is 0.196. The molecule has 1 aromatic rings. The summed E-state index contributed by atoms with van der Waals surface area (Å²) >= 11 is 0. The van der Waals surface area contributed by atoms with Crippen molar-refractivity contribution >= 4 is 5.82 Å². The van der Waals surface area contributed by atoms with Crippen LogP contribution < -0.4 is 5.32 Å². The molecule has 26 heavy (non-hydrogen) atoms. The molecule has 0 aliphatic carbocycles. The second-order valence-electron chi connectivity index (χ2n) is 8.05. The molecule has 1 heterocycles. The Hall–Kier alpha value is -1.06. The Labute approximate surface area is 162 Å². The van der Waals surface area contributed by atoms with Crippen LogP contribution in [-0.2, 0) is 0 Å². The molecule has 0 unspecified atom stereocenters.